The van der Waals surface area contributed by atoms with Crippen molar-refractivity contribution in [1.29, 1.82) is 0 Å². The smallest absolute Gasteiger partial charge is 0.0766 e. The molecule has 0 aliphatic heterocycles. The second-order valence-corrected chi connectivity index (χ2v) is 11.9. The summed E-state index contributed by atoms with van der Waals surface area (Å²) in [6.07, 6.45) is 3.90. The Labute approximate surface area is 228 Å². The summed E-state index contributed by atoms with van der Waals surface area (Å²) in [5.41, 5.74) is 4.67. The number of nitrogens with zero attached hydrogens (tertiary/aromatic N) is 2. The third-order valence-electron chi connectivity index (χ3n) is 5.26. The van der Waals surface area contributed by atoms with Crippen molar-refractivity contribution in [2.75, 3.05) is 0 Å². The Morgan fingerprint density at radius 3 is 1.53 bits per heavy atom. The Balaban J connectivity index is 1.22. The SMILES string of the molecule is C(=Nc1ccccc1SCc1cccc(CSc2ccccc2N=Cc2cccs2)c1)c1cccs1. The van der Waals surface area contributed by atoms with Gasteiger partial charge in [-0.25, -0.2) is 0 Å². The molecule has 2 heterocycles. The van der Waals surface area contributed by atoms with Crippen molar-refractivity contribution in [1.82, 2.24) is 0 Å². The highest BCUT2D eigenvalue weighted by Gasteiger charge is 2.05. The standard InChI is InChI=1S/C30H24N2S4/c1-3-14-29(27(12-1)31-19-25-10-6-16-33-25)35-21-23-8-5-9-24(18-23)22-36-30-15-4-2-13-28(30)32-20-26-11-7-17-34-26/h1-20H,21-22H2. The average Bonchev–Trinajstić information content (AvgIpc) is 3.64. The first-order valence-corrected chi connectivity index (χ1v) is 15.2. The maximum Gasteiger partial charge on any atom is 0.0766 e. The summed E-state index contributed by atoms with van der Waals surface area (Å²) in [5.74, 6) is 1.82. The van der Waals surface area contributed by atoms with Crippen LogP contribution in [0.1, 0.15) is 20.9 Å². The summed E-state index contributed by atoms with van der Waals surface area (Å²) in [4.78, 5) is 14.2. The van der Waals surface area contributed by atoms with Gasteiger partial charge in [0.05, 0.1) is 11.4 Å². The number of para-hydroxylation sites is 2. The molecule has 0 spiro atoms. The molecule has 6 heteroatoms. The van der Waals surface area contributed by atoms with E-state index in [1.54, 1.807) is 22.7 Å². The van der Waals surface area contributed by atoms with Crippen LogP contribution in [0.15, 0.2) is 128 Å². The van der Waals surface area contributed by atoms with Crippen LogP contribution < -0.4 is 0 Å². The van der Waals surface area contributed by atoms with E-state index in [1.807, 2.05) is 48.1 Å². The molecule has 0 bridgehead atoms. The normalized spacial score (nSPS) is 11.6. The van der Waals surface area contributed by atoms with Crippen molar-refractivity contribution < 1.29 is 0 Å². The lowest BCUT2D eigenvalue weighted by atomic mass is 10.2. The largest absolute Gasteiger partial charge is 0.254 e. The van der Waals surface area contributed by atoms with Crippen LogP contribution in [-0.4, -0.2) is 12.4 Å². The molecule has 2 aromatic heterocycles. The van der Waals surface area contributed by atoms with Crippen LogP contribution in [0.2, 0.25) is 0 Å². The third-order valence-corrected chi connectivity index (χ3v) is 9.14. The number of rotatable bonds is 10. The van der Waals surface area contributed by atoms with E-state index in [0.717, 1.165) is 22.9 Å². The van der Waals surface area contributed by atoms with Gasteiger partial charge in [-0.05, 0) is 58.3 Å². The van der Waals surface area contributed by atoms with E-state index in [2.05, 4.69) is 95.7 Å². The van der Waals surface area contributed by atoms with Gasteiger partial charge in [0.1, 0.15) is 0 Å². The average molecular weight is 541 g/mol. The van der Waals surface area contributed by atoms with Crippen LogP contribution in [0.5, 0.6) is 0 Å². The fourth-order valence-electron chi connectivity index (χ4n) is 3.50. The van der Waals surface area contributed by atoms with Gasteiger partial charge >= 0.3 is 0 Å². The highest BCUT2D eigenvalue weighted by atomic mass is 32.2. The van der Waals surface area contributed by atoms with Gasteiger partial charge in [0.25, 0.3) is 0 Å². The van der Waals surface area contributed by atoms with Gasteiger partial charge in [0.15, 0.2) is 0 Å². The lowest BCUT2D eigenvalue weighted by Crippen LogP contribution is -1.86. The summed E-state index contributed by atoms with van der Waals surface area (Å²) in [6.45, 7) is 0. The molecule has 0 unspecified atom stereocenters. The predicted molar refractivity (Wildman–Crippen MR) is 162 cm³/mol. The highest BCUT2D eigenvalue weighted by molar-refractivity contribution is 7.99. The predicted octanol–water partition coefficient (Wildman–Crippen LogP) is 9.90. The van der Waals surface area contributed by atoms with Crippen molar-refractivity contribution in [3.8, 4) is 0 Å². The summed E-state index contributed by atoms with van der Waals surface area (Å²) >= 11 is 7.07. The second-order valence-electron chi connectivity index (χ2n) is 7.88. The van der Waals surface area contributed by atoms with Gasteiger partial charge in [-0.15, -0.1) is 46.2 Å². The molecule has 36 heavy (non-hydrogen) atoms. The van der Waals surface area contributed by atoms with Crippen molar-refractivity contribution in [2.24, 2.45) is 9.98 Å². The molecule has 0 N–H and O–H groups in total. The van der Waals surface area contributed by atoms with Crippen LogP contribution in [0.25, 0.3) is 0 Å². The molecule has 0 saturated carbocycles. The Morgan fingerprint density at radius 2 is 1.06 bits per heavy atom. The second kappa shape index (κ2) is 12.9. The first-order valence-electron chi connectivity index (χ1n) is 11.5. The molecule has 3 aromatic carbocycles. The van der Waals surface area contributed by atoms with Crippen LogP contribution in [0.3, 0.4) is 0 Å². The molecular weight excluding hydrogens is 517 g/mol. The number of aliphatic imine (C=N–C) groups is 2. The number of hydrogen-bond acceptors (Lipinski definition) is 6. The fourth-order valence-corrected chi connectivity index (χ4v) is 6.56. The van der Waals surface area contributed by atoms with E-state index in [9.17, 15) is 0 Å². The summed E-state index contributed by atoms with van der Waals surface area (Å²) in [6, 6.07) is 33.9. The Bertz CT molecular complexity index is 1330. The topological polar surface area (TPSA) is 24.7 Å². The monoisotopic (exact) mass is 540 g/mol. The summed E-state index contributed by atoms with van der Waals surface area (Å²) in [7, 11) is 0. The number of thiophene rings is 2. The molecule has 0 radical (unpaired) electrons. The Kier molecular flexibility index (Phi) is 8.86. The minimum Gasteiger partial charge on any atom is -0.254 e. The van der Waals surface area contributed by atoms with Crippen LogP contribution in [0, 0.1) is 0 Å². The molecular formula is C30H24N2S4. The minimum atomic E-state index is 0.908. The van der Waals surface area contributed by atoms with Gasteiger partial charge in [0.2, 0.25) is 0 Å². The summed E-state index contributed by atoms with van der Waals surface area (Å²) in [5, 5.41) is 4.15. The van der Waals surface area contributed by atoms with Crippen molar-refractivity contribution in [3.63, 3.8) is 0 Å². The van der Waals surface area contributed by atoms with Crippen molar-refractivity contribution in [3.05, 3.63) is 129 Å². The third kappa shape index (κ3) is 7.08. The number of benzene rings is 3. The minimum absolute atomic E-state index is 0.908. The van der Waals surface area contributed by atoms with Gasteiger partial charge in [-0.1, -0.05) is 60.7 Å². The van der Waals surface area contributed by atoms with Crippen LogP contribution in [0.4, 0.5) is 11.4 Å². The van der Waals surface area contributed by atoms with E-state index < -0.39 is 0 Å². The molecule has 0 atom stereocenters. The number of hydrogen-bond donors (Lipinski definition) is 0. The Morgan fingerprint density at radius 1 is 0.556 bits per heavy atom. The Hall–Kier alpha value is -2.90. The van der Waals surface area contributed by atoms with Gasteiger partial charge in [-0.2, -0.15) is 0 Å². The van der Waals surface area contributed by atoms with E-state index >= 15 is 0 Å². The number of thioether (sulfide) groups is 2. The van der Waals surface area contributed by atoms with Crippen LogP contribution >= 0.6 is 46.2 Å². The first-order chi connectivity index (χ1) is 17.8. The highest BCUT2D eigenvalue weighted by Crippen LogP contribution is 2.34. The molecule has 5 aromatic rings. The van der Waals surface area contributed by atoms with E-state index in [0.29, 0.717) is 0 Å². The maximum atomic E-state index is 4.73. The molecule has 2 nitrogen and oxygen atoms in total. The lowest BCUT2D eigenvalue weighted by molar-refractivity contribution is 1.30. The van der Waals surface area contributed by atoms with E-state index in [4.69, 9.17) is 9.98 Å². The lowest BCUT2D eigenvalue weighted by Gasteiger charge is -2.08. The fraction of sp³-hybridized carbons (Fsp3) is 0.0667. The van der Waals surface area contributed by atoms with Gasteiger partial charge in [0, 0.05) is 43.5 Å². The zero-order chi connectivity index (χ0) is 24.4. The maximum absolute atomic E-state index is 4.73. The van der Waals surface area contributed by atoms with Crippen molar-refractivity contribution >= 4 is 70.0 Å². The molecule has 0 fully saturated rings. The van der Waals surface area contributed by atoms with Gasteiger partial charge < -0.3 is 0 Å². The molecule has 0 aliphatic carbocycles. The molecule has 0 saturated heterocycles. The molecule has 178 valence electrons. The zero-order valence-electron chi connectivity index (χ0n) is 19.5. The first kappa shape index (κ1) is 24.8. The zero-order valence-corrected chi connectivity index (χ0v) is 22.8. The molecule has 0 amide bonds. The molecule has 5 rings (SSSR count). The van der Waals surface area contributed by atoms with E-state index in [1.165, 1.54) is 30.7 Å². The van der Waals surface area contributed by atoms with Gasteiger partial charge in [-0.3, -0.25) is 9.98 Å². The summed E-state index contributed by atoms with van der Waals surface area (Å²) < 4.78 is 0. The molecule has 0 aliphatic rings. The van der Waals surface area contributed by atoms with Crippen LogP contribution in [-0.2, 0) is 11.5 Å². The quantitative estimate of drug-likeness (QED) is 0.130. The van der Waals surface area contributed by atoms with Crippen molar-refractivity contribution in [2.45, 2.75) is 21.3 Å². The van der Waals surface area contributed by atoms with E-state index in [-0.39, 0.29) is 0 Å².